The SMILES string of the molecule is CC(CO)(Nc1ncc(Cl)cc1[N+](=O)[O-])c1ccccc1. The topological polar surface area (TPSA) is 88.3 Å². The van der Waals surface area contributed by atoms with E-state index in [1.807, 2.05) is 30.3 Å². The summed E-state index contributed by atoms with van der Waals surface area (Å²) >= 11 is 5.74. The molecule has 0 aliphatic heterocycles. The van der Waals surface area contributed by atoms with Gasteiger partial charge in [-0.2, -0.15) is 0 Å². The Morgan fingerprint density at radius 1 is 1.43 bits per heavy atom. The van der Waals surface area contributed by atoms with Crippen molar-refractivity contribution in [2.75, 3.05) is 11.9 Å². The first-order valence-corrected chi connectivity index (χ1v) is 6.58. The summed E-state index contributed by atoms with van der Waals surface area (Å²) in [5.41, 5.74) is -0.344. The highest BCUT2D eigenvalue weighted by Crippen LogP contribution is 2.31. The van der Waals surface area contributed by atoms with Crippen LogP contribution in [0.4, 0.5) is 11.5 Å². The third kappa shape index (κ3) is 3.29. The van der Waals surface area contributed by atoms with E-state index in [1.54, 1.807) is 6.92 Å². The molecule has 0 saturated heterocycles. The zero-order chi connectivity index (χ0) is 15.5. The fourth-order valence-corrected chi connectivity index (χ4v) is 2.09. The number of nitro groups is 1. The Balaban J connectivity index is 2.42. The molecular weight excluding hydrogens is 294 g/mol. The van der Waals surface area contributed by atoms with Crippen molar-refractivity contribution < 1.29 is 10.0 Å². The fourth-order valence-electron chi connectivity index (χ4n) is 1.93. The number of halogens is 1. The Hall–Kier alpha value is -2.18. The number of aromatic nitrogens is 1. The molecule has 0 spiro atoms. The Morgan fingerprint density at radius 2 is 2.10 bits per heavy atom. The Labute approximate surface area is 126 Å². The summed E-state index contributed by atoms with van der Waals surface area (Å²) < 4.78 is 0. The summed E-state index contributed by atoms with van der Waals surface area (Å²) in [6, 6.07) is 10.4. The van der Waals surface area contributed by atoms with Crippen LogP contribution in [0.5, 0.6) is 0 Å². The van der Waals surface area contributed by atoms with Gasteiger partial charge in [0.05, 0.1) is 22.1 Å². The molecule has 0 bridgehead atoms. The van der Waals surface area contributed by atoms with Gasteiger partial charge in [-0.15, -0.1) is 0 Å². The number of aliphatic hydroxyl groups excluding tert-OH is 1. The van der Waals surface area contributed by atoms with Crippen molar-refractivity contribution >= 4 is 23.1 Å². The van der Waals surface area contributed by atoms with Gasteiger partial charge in [-0.3, -0.25) is 10.1 Å². The summed E-state index contributed by atoms with van der Waals surface area (Å²) in [4.78, 5) is 14.5. The van der Waals surface area contributed by atoms with Gasteiger partial charge in [-0.05, 0) is 12.5 Å². The van der Waals surface area contributed by atoms with Crippen molar-refractivity contribution in [3.05, 3.63) is 63.3 Å². The third-order valence-corrected chi connectivity index (χ3v) is 3.36. The first-order chi connectivity index (χ1) is 9.96. The van der Waals surface area contributed by atoms with E-state index < -0.39 is 10.5 Å². The minimum Gasteiger partial charge on any atom is -0.394 e. The van der Waals surface area contributed by atoms with Crippen molar-refractivity contribution in [2.24, 2.45) is 0 Å². The third-order valence-electron chi connectivity index (χ3n) is 3.15. The molecule has 0 aliphatic rings. The van der Waals surface area contributed by atoms with Gasteiger partial charge < -0.3 is 10.4 Å². The van der Waals surface area contributed by atoms with Crippen LogP contribution in [0.2, 0.25) is 5.02 Å². The van der Waals surface area contributed by atoms with Crippen LogP contribution in [-0.2, 0) is 5.54 Å². The lowest BCUT2D eigenvalue weighted by atomic mass is 9.93. The molecule has 0 fully saturated rings. The normalized spacial score (nSPS) is 13.5. The molecule has 2 rings (SSSR count). The Morgan fingerprint density at radius 3 is 2.67 bits per heavy atom. The van der Waals surface area contributed by atoms with Crippen LogP contribution in [0.1, 0.15) is 12.5 Å². The largest absolute Gasteiger partial charge is 0.394 e. The van der Waals surface area contributed by atoms with Crippen molar-refractivity contribution in [1.82, 2.24) is 4.98 Å². The summed E-state index contributed by atoms with van der Waals surface area (Å²) in [5.74, 6) is 0.0600. The molecule has 110 valence electrons. The molecule has 0 saturated carbocycles. The van der Waals surface area contributed by atoms with Gasteiger partial charge >= 0.3 is 5.69 Å². The number of aliphatic hydroxyl groups is 1. The van der Waals surface area contributed by atoms with Gasteiger partial charge in [0.2, 0.25) is 5.82 Å². The number of hydrogen-bond acceptors (Lipinski definition) is 5. The average Bonchev–Trinajstić information content (AvgIpc) is 2.49. The molecule has 1 aromatic heterocycles. The maximum absolute atomic E-state index is 11.1. The minimum absolute atomic E-state index is 0.0600. The summed E-state index contributed by atoms with van der Waals surface area (Å²) in [5, 5.41) is 23.9. The number of rotatable bonds is 5. The molecule has 2 N–H and O–H groups in total. The van der Waals surface area contributed by atoms with Crippen LogP contribution >= 0.6 is 11.6 Å². The van der Waals surface area contributed by atoms with Crippen LogP contribution in [0, 0.1) is 10.1 Å². The monoisotopic (exact) mass is 307 g/mol. The summed E-state index contributed by atoms with van der Waals surface area (Å²) in [7, 11) is 0. The molecule has 0 amide bonds. The molecule has 6 nitrogen and oxygen atoms in total. The van der Waals surface area contributed by atoms with Crippen LogP contribution in [0.25, 0.3) is 0 Å². The summed E-state index contributed by atoms with van der Waals surface area (Å²) in [6.07, 6.45) is 1.32. The van der Waals surface area contributed by atoms with E-state index in [4.69, 9.17) is 11.6 Å². The van der Waals surface area contributed by atoms with Crippen molar-refractivity contribution in [1.29, 1.82) is 0 Å². The second-order valence-electron chi connectivity index (χ2n) is 4.76. The van der Waals surface area contributed by atoms with E-state index in [9.17, 15) is 15.2 Å². The first kappa shape index (κ1) is 15.2. The number of pyridine rings is 1. The van der Waals surface area contributed by atoms with Gasteiger partial charge in [0.15, 0.2) is 0 Å². The average molecular weight is 308 g/mol. The maximum Gasteiger partial charge on any atom is 0.312 e. The Kier molecular flexibility index (Phi) is 4.40. The van der Waals surface area contributed by atoms with Crippen LogP contribution in [0.15, 0.2) is 42.6 Å². The minimum atomic E-state index is -0.896. The lowest BCUT2D eigenvalue weighted by Crippen LogP contribution is -2.36. The highest BCUT2D eigenvalue weighted by atomic mass is 35.5. The zero-order valence-corrected chi connectivity index (χ0v) is 12.0. The number of hydrogen-bond donors (Lipinski definition) is 2. The molecule has 21 heavy (non-hydrogen) atoms. The molecule has 7 heteroatoms. The van der Waals surface area contributed by atoms with E-state index in [0.29, 0.717) is 0 Å². The zero-order valence-electron chi connectivity index (χ0n) is 11.3. The van der Waals surface area contributed by atoms with Gasteiger partial charge in [0.1, 0.15) is 0 Å². The highest BCUT2D eigenvalue weighted by molar-refractivity contribution is 6.30. The van der Waals surface area contributed by atoms with Crippen molar-refractivity contribution in [3.8, 4) is 0 Å². The highest BCUT2D eigenvalue weighted by Gasteiger charge is 2.29. The molecule has 0 aliphatic carbocycles. The van der Waals surface area contributed by atoms with Crippen LogP contribution in [-0.4, -0.2) is 21.6 Å². The second-order valence-corrected chi connectivity index (χ2v) is 5.20. The first-order valence-electron chi connectivity index (χ1n) is 6.21. The van der Waals surface area contributed by atoms with Gasteiger partial charge in [-0.1, -0.05) is 41.9 Å². The van der Waals surface area contributed by atoms with E-state index in [0.717, 1.165) is 5.56 Å². The predicted octanol–water partition coefficient (Wildman–Crippen LogP) is 2.96. The molecule has 1 atom stereocenters. The Bertz CT molecular complexity index is 651. The van der Waals surface area contributed by atoms with Gasteiger partial charge in [0, 0.05) is 12.3 Å². The molecule has 1 heterocycles. The van der Waals surface area contributed by atoms with Crippen molar-refractivity contribution in [3.63, 3.8) is 0 Å². The predicted molar refractivity (Wildman–Crippen MR) is 80.4 cm³/mol. The number of anilines is 1. The molecule has 0 radical (unpaired) electrons. The van der Waals surface area contributed by atoms with Crippen LogP contribution in [0.3, 0.4) is 0 Å². The lowest BCUT2D eigenvalue weighted by molar-refractivity contribution is -0.384. The lowest BCUT2D eigenvalue weighted by Gasteiger charge is -2.29. The van der Waals surface area contributed by atoms with E-state index in [-0.39, 0.29) is 23.1 Å². The fraction of sp³-hybridized carbons (Fsp3) is 0.214. The van der Waals surface area contributed by atoms with Gasteiger partial charge in [-0.25, -0.2) is 4.98 Å². The second kappa shape index (κ2) is 6.07. The van der Waals surface area contributed by atoms with Gasteiger partial charge in [0.25, 0.3) is 0 Å². The smallest absolute Gasteiger partial charge is 0.312 e. The standard InChI is InChI=1S/C14H14ClN3O3/c1-14(9-19,10-5-3-2-4-6-10)17-13-12(18(20)21)7-11(15)8-16-13/h2-8,19H,9H2,1H3,(H,16,17). The van der Waals surface area contributed by atoms with E-state index >= 15 is 0 Å². The quantitative estimate of drug-likeness (QED) is 0.655. The van der Waals surface area contributed by atoms with E-state index in [2.05, 4.69) is 10.3 Å². The molecule has 1 aromatic carbocycles. The molecule has 1 unspecified atom stereocenters. The van der Waals surface area contributed by atoms with E-state index in [1.165, 1.54) is 12.3 Å². The maximum atomic E-state index is 11.1. The number of nitrogens with one attached hydrogen (secondary N) is 1. The molecular formula is C14H14ClN3O3. The van der Waals surface area contributed by atoms with Crippen molar-refractivity contribution in [2.45, 2.75) is 12.5 Å². The number of benzene rings is 1. The molecule has 2 aromatic rings. The summed E-state index contributed by atoms with van der Waals surface area (Å²) in [6.45, 7) is 1.49. The van der Waals surface area contributed by atoms with Crippen LogP contribution < -0.4 is 5.32 Å². The number of nitrogens with zero attached hydrogens (tertiary/aromatic N) is 2.